The van der Waals surface area contributed by atoms with Gasteiger partial charge >= 0.3 is 0 Å². The zero-order valence-corrected chi connectivity index (χ0v) is 12.5. The second kappa shape index (κ2) is 8.32. The molecule has 4 unspecified atom stereocenters. The van der Waals surface area contributed by atoms with Crippen LogP contribution in [0.1, 0.15) is 77.0 Å². The summed E-state index contributed by atoms with van der Waals surface area (Å²) in [6, 6.07) is 0.151. The van der Waals surface area contributed by atoms with Gasteiger partial charge in [-0.1, -0.05) is 25.7 Å². The predicted molar refractivity (Wildman–Crippen MR) is 77.5 cm³/mol. The molecule has 2 rings (SSSR count). The first-order valence-electron chi connectivity index (χ1n) is 8.48. The number of hydrogen-bond donors (Lipinski definition) is 2. The van der Waals surface area contributed by atoms with E-state index in [0.717, 1.165) is 77.0 Å². The number of nitrogens with zero attached hydrogens (tertiary/aromatic N) is 1. The molecule has 4 atom stereocenters. The average molecular weight is 284 g/mol. The summed E-state index contributed by atoms with van der Waals surface area (Å²) >= 11 is 0. The van der Waals surface area contributed by atoms with Gasteiger partial charge in [-0.05, 0) is 51.4 Å². The van der Waals surface area contributed by atoms with Gasteiger partial charge in [-0.3, -0.25) is 0 Å². The van der Waals surface area contributed by atoms with E-state index in [1.165, 1.54) is 5.06 Å². The Morgan fingerprint density at radius 3 is 1.45 bits per heavy atom. The van der Waals surface area contributed by atoms with Crippen molar-refractivity contribution in [3.8, 4) is 0 Å². The van der Waals surface area contributed by atoms with Crippen molar-refractivity contribution in [1.82, 2.24) is 5.06 Å². The minimum Gasteiger partial charge on any atom is -0.393 e. The molecule has 0 bridgehead atoms. The summed E-state index contributed by atoms with van der Waals surface area (Å²) in [5.41, 5.74) is 0. The maximum absolute atomic E-state index is 12.6. The molecule has 4 nitrogen and oxygen atoms in total. The minimum atomic E-state index is -0.217. The molecule has 2 fully saturated rings. The molecule has 0 aromatic carbocycles. The molecule has 0 spiro atoms. The van der Waals surface area contributed by atoms with E-state index in [-0.39, 0.29) is 24.3 Å². The van der Waals surface area contributed by atoms with Gasteiger partial charge < -0.3 is 10.2 Å². The third-order valence-corrected chi connectivity index (χ3v) is 5.04. The first-order valence-corrected chi connectivity index (χ1v) is 8.48. The Morgan fingerprint density at radius 2 is 1.00 bits per heavy atom. The largest absolute Gasteiger partial charge is 0.393 e. The van der Waals surface area contributed by atoms with Crippen LogP contribution in [-0.4, -0.2) is 39.6 Å². The van der Waals surface area contributed by atoms with Gasteiger partial charge in [0, 0.05) is 12.1 Å². The minimum absolute atomic E-state index is 0.0755. The van der Waals surface area contributed by atoms with E-state index in [1.807, 2.05) is 0 Å². The van der Waals surface area contributed by atoms with Crippen molar-refractivity contribution >= 4 is 0 Å². The number of rotatable bonds is 2. The van der Waals surface area contributed by atoms with Crippen LogP contribution in [0.15, 0.2) is 0 Å². The van der Waals surface area contributed by atoms with Crippen LogP contribution in [0.4, 0.5) is 0 Å². The molecule has 0 aromatic rings. The summed E-state index contributed by atoms with van der Waals surface area (Å²) in [4.78, 5) is 0. The van der Waals surface area contributed by atoms with Crippen LogP contribution in [0.25, 0.3) is 0 Å². The molecule has 0 aromatic heterocycles. The van der Waals surface area contributed by atoms with Gasteiger partial charge in [0.1, 0.15) is 0 Å². The number of aliphatic hydroxyl groups excluding tert-OH is 2. The van der Waals surface area contributed by atoms with Crippen LogP contribution in [0, 0.1) is 0 Å². The smallest absolute Gasteiger partial charge is 0.0540 e. The summed E-state index contributed by atoms with van der Waals surface area (Å²) in [7, 11) is 0. The number of hydroxylamine groups is 2. The lowest BCUT2D eigenvalue weighted by Crippen LogP contribution is -2.41. The highest BCUT2D eigenvalue weighted by Crippen LogP contribution is 2.27. The van der Waals surface area contributed by atoms with E-state index < -0.39 is 0 Å². The fourth-order valence-corrected chi connectivity index (χ4v) is 3.67. The molecule has 2 aliphatic rings. The summed E-state index contributed by atoms with van der Waals surface area (Å²) in [6.07, 6.45) is 10.6. The maximum atomic E-state index is 12.6. The molecule has 2 N–H and O–H groups in total. The van der Waals surface area contributed by atoms with Crippen LogP contribution in [0.5, 0.6) is 0 Å². The van der Waals surface area contributed by atoms with Gasteiger partial charge in [-0.25, -0.2) is 0 Å². The van der Waals surface area contributed by atoms with Gasteiger partial charge in [0.15, 0.2) is 0 Å². The predicted octanol–water partition coefficient (Wildman–Crippen LogP) is 2.80. The standard InChI is InChI=1S/C16H30NO3/c18-15-7-3-1-5-13(9-11-15)17(20)14-6-2-4-8-16(19)12-10-14/h13-16,18-19H,1-12H2. The van der Waals surface area contributed by atoms with E-state index in [9.17, 15) is 15.4 Å². The van der Waals surface area contributed by atoms with E-state index in [0.29, 0.717) is 0 Å². The second-order valence-corrected chi connectivity index (χ2v) is 6.70. The summed E-state index contributed by atoms with van der Waals surface area (Å²) in [5.74, 6) is 0. The van der Waals surface area contributed by atoms with Crippen molar-refractivity contribution in [1.29, 1.82) is 0 Å². The lowest BCUT2D eigenvalue weighted by Gasteiger charge is -2.34. The molecule has 20 heavy (non-hydrogen) atoms. The zero-order valence-electron chi connectivity index (χ0n) is 12.5. The summed E-state index contributed by atoms with van der Waals surface area (Å²) in [6.45, 7) is 0. The quantitative estimate of drug-likeness (QED) is 0.766. The van der Waals surface area contributed by atoms with Crippen LogP contribution in [-0.2, 0) is 5.21 Å². The van der Waals surface area contributed by atoms with Crippen LogP contribution < -0.4 is 0 Å². The average Bonchev–Trinajstić information content (AvgIpc) is 2.39. The third-order valence-electron chi connectivity index (χ3n) is 5.04. The Balaban J connectivity index is 1.87. The molecule has 0 heterocycles. The Bertz CT molecular complexity index is 248. The van der Waals surface area contributed by atoms with Crippen molar-refractivity contribution in [2.75, 3.05) is 0 Å². The van der Waals surface area contributed by atoms with Crippen LogP contribution in [0.2, 0.25) is 0 Å². The molecule has 0 aliphatic heterocycles. The third kappa shape index (κ3) is 4.99. The molecule has 0 amide bonds. The topological polar surface area (TPSA) is 63.6 Å². The van der Waals surface area contributed by atoms with Crippen molar-refractivity contribution in [3.05, 3.63) is 0 Å². The Labute approximate surface area is 122 Å². The number of hydrogen-bond acceptors (Lipinski definition) is 3. The molecule has 117 valence electrons. The highest BCUT2D eigenvalue weighted by Gasteiger charge is 2.28. The highest BCUT2D eigenvalue weighted by atomic mass is 16.5. The summed E-state index contributed by atoms with van der Waals surface area (Å²) in [5, 5.41) is 33.6. The normalized spacial score (nSPS) is 37.8. The molecule has 2 saturated carbocycles. The zero-order chi connectivity index (χ0) is 14.4. The molecular weight excluding hydrogens is 254 g/mol. The monoisotopic (exact) mass is 284 g/mol. The lowest BCUT2D eigenvalue weighted by atomic mass is 9.91. The highest BCUT2D eigenvalue weighted by molar-refractivity contribution is 4.79. The number of aliphatic hydroxyl groups is 2. The molecule has 1 radical (unpaired) electrons. The van der Waals surface area contributed by atoms with Crippen molar-refractivity contribution < 1.29 is 15.4 Å². The van der Waals surface area contributed by atoms with E-state index >= 15 is 0 Å². The van der Waals surface area contributed by atoms with Crippen LogP contribution in [0.3, 0.4) is 0 Å². The van der Waals surface area contributed by atoms with Crippen molar-refractivity contribution in [3.63, 3.8) is 0 Å². The first kappa shape index (κ1) is 16.2. The fraction of sp³-hybridized carbons (Fsp3) is 1.00. The van der Waals surface area contributed by atoms with Gasteiger partial charge in [0.2, 0.25) is 0 Å². The Kier molecular flexibility index (Phi) is 6.75. The van der Waals surface area contributed by atoms with E-state index in [2.05, 4.69) is 0 Å². The summed E-state index contributed by atoms with van der Waals surface area (Å²) < 4.78 is 0. The molecular formula is C16H30NO3. The van der Waals surface area contributed by atoms with Gasteiger partial charge in [0.05, 0.1) is 12.2 Å². The van der Waals surface area contributed by atoms with Gasteiger partial charge in [-0.2, -0.15) is 0 Å². The lowest BCUT2D eigenvalue weighted by molar-refractivity contribution is -0.224. The fourth-order valence-electron chi connectivity index (χ4n) is 3.67. The van der Waals surface area contributed by atoms with E-state index in [4.69, 9.17) is 0 Å². The van der Waals surface area contributed by atoms with Gasteiger partial charge in [-0.15, -0.1) is 10.3 Å². The Hall–Kier alpha value is -0.160. The van der Waals surface area contributed by atoms with E-state index in [1.54, 1.807) is 0 Å². The van der Waals surface area contributed by atoms with Crippen LogP contribution >= 0.6 is 0 Å². The molecule has 2 aliphatic carbocycles. The van der Waals surface area contributed by atoms with Gasteiger partial charge in [0.25, 0.3) is 0 Å². The molecule has 0 saturated heterocycles. The van der Waals surface area contributed by atoms with Crippen molar-refractivity contribution in [2.45, 2.75) is 101 Å². The maximum Gasteiger partial charge on any atom is 0.0540 e. The van der Waals surface area contributed by atoms with Crippen molar-refractivity contribution in [2.24, 2.45) is 0 Å². The SMILES string of the molecule is [O]N(C1CCCCC(O)CC1)C1CCCCC(O)CC1. The first-order chi connectivity index (χ1) is 9.66. The second-order valence-electron chi connectivity index (χ2n) is 6.70. The molecule has 4 heteroatoms. The Morgan fingerprint density at radius 1 is 0.600 bits per heavy atom.